The second kappa shape index (κ2) is 6.28. The lowest BCUT2D eigenvalue weighted by molar-refractivity contribution is 0.127. The Morgan fingerprint density at radius 3 is 2.65 bits per heavy atom. The van der Waals surface area contributed by atoms with Gasteiger partial charge in [0.2, 0.25) is 0 Å². The van der Waals surface area contributed by atoms with E-state index in [9.17, 15) is 0 Å². The summed E-state index contributed by atoms with van der Waals surface area (Å²) in [5.74, 6) is 0.873. The van der Waals surface area contributed by atoms with Gasteiger partial charge in [0.15, 0.2) is 0 Å². The van der Waals surface area contributed by atoms with Gasteiger partial charge in [-0.25, -0.2) is 0 Å². The van der Waals surface area contributed by atoms with Crippen LogP contribution in [0.2, 0.25) is 0 Å². The van der Waals surface area contributed by atoms with Gasteiger partial charge in [-0.3, -0.25) is 0 Å². The van der Waals surface area contributed by atoms with Crippen LogP contribution in [0.4, 0.5) is 0 Å². The molecule has 2 saturated heterocycles. The molecule has 2 heteroatoms. The van der Waals surface area contributed by atoms with Gasteiger partial charge in [-0.15, -0.1) is 0 Å². The van der Waals surface area contributed by atoms with Gasteiger partial charge in [-0.05, 0) is 56.8 Å². The van der Waals surface area contributed by atoms with Crippen LogP contribution in [-0.4, -0.2) is 37.6 Å². The second-order valence-electron chi connectivity index (χ2n) is 6.88. The summed E-state index contributed by atoms with van der Waals surface area (Å²) in [5, 5.41) is 3.54. The van der Waals surface area contributed by atoms with E-state index in [1.165, 1.54) is 45.3 Å². The molecule has 0 aromatic heterocycles. The Hall–Kier alpha value is -0.860. The summed E-state index contributed by atoms with van der Waals surface area (Å²) >= 11 is 0. The minimum absolute atomic E-state index is 0.379. The maximum Gasteiger partial charge on any atom is 0.0104 e. The molecular formula is C18H28N2. The van der Waals surface area contributed by atoms with Crippen LogP contribution in [0, 0.1) is 5.92 Å². The molecule has 1 N–H and O–H groups in total. The highest BCUT2D eigenvalue weighted by molar-refractivity contribution is 5.27. The predicted molar refractivity (Wildman–Crippen MR) is 85.1 cm³/mol. The fourth-order valence-electron chi connectivity index (χ4n) is 4.09. The smallest absolute Gasteiger partial charge is 0.0104 e. The number of nitrogens with one attached hydrogen (secondary N) is 1. The van der Waals surface area contributed by atoms with Gasteiger partial charge in [0, 0.05) is 18.5 Å². The molecule has 1 atom stereocenters. The first-order valence-corrected chi connectivity index (χ1v) is 8.27. The van der Waals surface area contributed by atoms with Crippen LogP contribution < -0.4 is 5.32 Å². The van der Waals surface area contributed by atoms with Crippen LogP contribution in [-0.2, 0) is 5.41 Å². The highest BCUT2D eigenvalue weighted by Crippen LogP contribution is 2.35. The molecule has 1 aromatic carbocycles. The second-order valence-corrected chi connectivity index (χ2v) is 6.88. The van der Waals surface area contributed by atoms with Crippen molar-refractivity contribution in [3.63, 3.8) is 0 Å². The van der Waals surface area contributed by atoms with Crippen LogP contribution >= 0.6 is 0 Å². The zero-order valence-electron chi connectivity index (χ0n) is 12.8. The number of likely N-dealkylation sites (tertiary alicyclic amines) is 1. The maximum absolute atomic E-state index is 3.54. The molecule has 2 heterocycles. The molecule has 2 aliphatic rings. The molecular weight excluding hydrogens is 244 g/mol. The van der Waals surface area contributed by atoms with Crippen molar-refractivity contribution in [2.24, 2.45) is 5.92 Å². The topological polar surface area (TPSA) is 15.3 Å². The normalized spacial score (nSPS) is 27.4. The van der Waals surface area contributed by atoms with Gasteiger partial charge in [-0.2, -0.15) is 0 Å². The van der Waals surface area contributed by atoms with E-state index in [-0.39, 0.29) is 0 Å². The Kier molecular flexibility index (Phi) is 4.42. The number of piperidine rings is 2. The van der Waals surface area contributed by atoms with Crippen molar-refractivity contribution >= 4 is 0 Å². The Bertz CT molecular complexity index is 409. The van der Waals surface area contributed by atoms with E-state index in [4.69, 9.17) is 0 Å². The van der Waals surface area contributed by atoms with Gasteiger partial charge in [0.05, 0.1) is 0 Å². The molecule has 110 valence electrons. The van der Waals surface area contributed by atoms with Crippen molar-refractivity contribution in [3.8, 4) is 0 Å². The first-order valence-electron chi connectivity index (χ1n) is 8.27. The molecule has 0 radical (unpaired) electrons. The monoisotopic (exact) mass is 272 g/mol. The third-order valence-electron chi connectivity index (χ3n) is 5.21. The summed E-state index contributed by atoms with van der Waals surface area (Å²) in [4.78, 5) is 2.73. The maximum atomic E-state index is 3.54. The molecule has 3 rings (SSSR count). The predicted octanol–water partition coefficient (Wildman–Crippen LogP) is 3.04. The lowest BCUT2D eigenvalue weighted by Gasteiger charge is -2.44. The third-order valence-corrected chi connectivity index (χ3v) is 5.21. The molecule has 0 amide bonds. The number of rotatable bonds is 3. The van der Waals surface area contributed by atoms with E-state index in [0.29, 0.717) is 5.41 Å². The first-order chi connectivity index (χ1) is 9.78. The molecule has 0 aliphatic carbocycles. The SMILES string of the molecule is CC1CCCN(CC2(c3ccccc3)CCNCC2)C1. The lowest BCUT2D eigenvalue weighted by atomic mass is 9.72. The zero-order chi connectivity index (χ0) is 13.8. The molecule has 1 unspecified atom stereocenters. The van der Waals surface area contributed by atoms with Crippen molar-refractivity contribution in [2.75, 3.05) is 32.7 Å². The van der Waals surface area contributed by atoms with E-state index < -0.39 is 0 Å². The van der Waals surface area contributed by atoms with Crippen LogP contribution in [0.1, 0.15) is 38.2 Å². The number of nitrogens with zero attached hydrogens (tertiary/aromatic N) is 1. The summed E-state index contributed by atoms with van der Waals surface area (Å²) in [6.45, 7) is 8.58. The van der Waals surface area contributed by atoms with Crippen LogP contribution in [0.3, 0.4) is 0 Å². The third kappa shape index (κ3) is 3.07. The Morgan fingerprint density at radius 2 is 1.95 bits per heavy atom. The summed E-state index contributed by atoms with van der Waals surface area (Å²) < 4.78 is 0. The highest BCUT2D eigenvalue weighted by atomic mass is 15.1. The van der Waals surface area contributed by atoms with Crippen LogP contribution in [0.15, 0.2) is 30.3 Å². The van der Waals surface area contributed by atoms with Crippen molar-refractivity contribution in [1.29, 1.82) is 0 Å². The van der Waals surface area contributed by atoms with Gasteiger partial charge >= 0.3 is 0 Å². The minimum atomic E-state index is 0.379. The average Bonchev–Trinajstić information content (AvgIpc) is 2.49. The Balaban J connectivity index is 1.79. The number of hydrogen-bond donors (Lipinski definition) is 1. The first kappa shape index (κ1) is 14.1. The van der Waals surface area contributed by atoms with E-state index in [0.717, 1.165) is 19.0 Å². The molecule has 2 nitrogen and oxygen atoms in total. The summed E-state index contributed by atoms with van der Waals surface area (Å²) in [6, 6.07) is 11.2. The quantitative estimate of drug-likeness (QED) is 0.910. The summed E-state index contributed by atoms with van der Waals surface area (Å²) in [6.07, 6.45) is 5.35. The van der Waals surface area contributed by atoms with Crippen molar-refractivity contribution in [3.05, 3.63) is 35.9 Å². The Morgan fingerprint density at radius 1 is 1.20 bits per heavy atom. The Labute approximate surface area is 123 Å². The molecule has 2 aliphatic heterocycles. The molecule has 2 fully saturated rings. The highest BCUT2D eigenvalue weighted by Gasteiger charge is 2.36. The average molecular weight is 272 g/mol. The fourth-order valence-corrected chi connectivity index (χ4v) is 4.09. The van der Waals surface area contributed by atoms with Gasteiger partial charge in [0.1, 0.15) is 0 Å². The van der Waals surface area contributed by atoms with Crippen molar-refractivity contribution in [1.82, 2.24) is 10.2 Å². The van der Waals surface area contributed by atoms with E-state index in [1.54, 1.807) is 5.56 Å². The van der Waals surface area contributed by atoms with Crippen LogP contribution in [0.25, 0.3) is 0 Å². The molecule has 0 saturated carbocycles. The standard InChI is InChI=1S/C18H28N2/c1-16-6-5-13-20(14-16)15-18(9-11-19-12-10-18)17-7-3-2-4-8-17/h2-4,7-8,16,19H,5-6,9-15H2,1H3. The largest absolute Gasteiger partial charge is 0.317 e. The van der Waals surface area contributed by atoms with E-state index >= 15 is 0 Å². The molecule has 1 aromatic rings. The lowest BCUT2D eigenvalue weighted by Crippen LogP contribution is -2.49. The van der Waals surface area contributed by atoms with Gasteiger partial charge in [-0.1, -0.05) is 37.3 Å². The van der Waals surface area contributed by atoms with Crippen LogP contribution in [0.5, 0.6) is 0 Å². The fraction of sp³-hybridized carbons (Fsp3) is 0.667. The zero-order valence-corrected chi connectivity index (χ0v) is 12.8. The molecule has 0 spiro atoms. The molecule has 0 bridgehead atoms. The summed E-state index contributed by atoms with van der Waals surface area (Å²) in [5.41, 5.74) is 1.93. The van der Waals surface area contributed by atoms with E-state index in [1.807, 2.05) is 0 Å². The minimum Gasteiger partial charge on any atom is -0.317 e. The van der Waals surface area contributed by atoms with Crippen molar-refractivity contribution in [2.45, 2.75) is 38.0 Å². The van der Waals surface area contributed by atoms with Gasteiger partial charge < -0.3 is 10.2 Å². The van der Waals surface area contributed by atoms with Crippen molar-refractivity contribution < 1.29 is 0 Å². The number of hydrogen-bond acceptors (Lipinski definition) is 2. The van der Waals surface area contributed by atoms with Gasteiger partial charge in [0.25, 0.3) is 0 Å². The van der Waals surface area contributed by atoms with E-state index in [2.05, 4.69) is 47.5 Å². The summed E-state index contributed by atoms with van der Waals surface area (Å²) in [7, 11) is 0. The molecule has 20 heavy (non-hydrogen) atoms. The number of benzene rings is 1.